The summed E-state index contributed by atoms with van der Waals surface area (Å²) in [5.41, 5.74) is 2.06. The lowest BCUT2D eigenvalue weighted by Crippen LogP contribution is -2.18. The molecule has 0 unspecified atom stereocenters. The second-order valence-electron chi connectivity index (χ2n) is 4.66. The van der Waals surface area contributed by atoms with Crippen molar-refractivity contribution in [3.8, 4) is 0 Å². The standard InChI is InChI=1S/C15H14BrClN2O2/c1-10(13-4-2-3-5-15(13)17)18-9-11-6-7-12(19(20)21)8-14(11)16/h2-8,10,18H,9H2,1H3/t10-/m0/s1. The lowest BCUT2D eigenvalue weighted by molar-refractivity contribution is -0.384. The van der Waals surface area contributed by atoms with Crippen molar-refractivity contribution < 1.29 is 4.92 Å². The quantitative estimate of drug-likeness (QED) is 0.605. The third-order valence-corrected chi connectivity index (χ3v) is 4.30. The van der Waals surface area contributed by atoms with Crippen LogP contribution in [0.5, 0.6) is 0 Å². The number of nitrogens with zero attached hydrogens (tertiary/aromatic N) is 1. The second-order valence-corrected chi connectivity index (χ2v) is 5.92. The number of hydrogen-bond acceptors (Lipinski definition) is 3. The Morgan fingerprint density at radius 1 is 1.33 bits per heavy atom. The summed E-state index contributed by atoms with van der Waals surface area (Å²) in [5, 5.41) is 14.8. The first-order valence-electron chi connectivity index (χ1n) is 6.39. The Hall–Kier alpha value is -1.43. The summed E-state index contributed by atoms with van der Waals surface area (Å²) in [4.78, 5) is 10.3. The third-order valence-electron chi connectivity index (χ3n) is 3.22. The van der Waals surface area contributed by atoms with Crippen molar-refractivity contribution in [2.24, 2.45) is 0 Å². The van der Waals surface area contributed by atoms with E-state index >= 15 is 0 Å². The monoisotopic (exact) mass is 368 g/mol. The summed E-state index contributed by atoms with van der Waals surface area (Å²) >= 11 is 9.53. The fourth-order valence-electron chi connectivity index (χ4n) is 1.99. The zero-order chi connectivity index (χ0) is 15.4. The number of nitro groups is 1. The van der Waals surface area contributed by atoms with Crippen molar-refractivity contribution in [2.45, 2.75) is 19.5 Å². The average molecular weight is 370 g/mol. The van der Waals surface area contributed by atoms with Crippen LogP contribution in [-0.2, 0) is 6.54 Å². The van der Waals surface area contributed by atoms with Gasteiger partial charge in [0.05, 0.1) is 4.92 Å². The van der Waals surface area contributed by atoms with Gasteiger partial charge in [0, 0.05) is 34.2 Å². The van der Waals surface area contributed by atoms with Crippen LogP contribution in [0.25, 0.3) is 0 Å². The van der Waals surface area contributed by atoms with E-state index < -0.39 is 4.92 Å². The topological polar surface area (TPSA) is 55.2 Å². The van der Waals surface area contributed by atoms with Crippen molar-refractivity contribution in [1.82, 2.24) is 5.32 Å². The van der Waals surface area contributed by atoms with Crippen LogP contribution in [0.3, 0.4) is 0 Å². The number of benzene rings is 2. The Morgan fingerprint density at radius 2 is 2.05 bits per heavy atom. The Bertz CT molecular complexity index is 664. The smallest absolute Gasteiger partial charge is 0.270 e. The molecule has 110 valence electrons. The Labute approximate surface area is 136 Å². The van der Waals surface area contributed by atoms with E-state index in [2.05, 4.69) is 21.2 Å². The van der Waals surface area contributed by atoms with Gasteiger partial charge in [0.1, 0.15) is 0 Å². The summed E-state index contributed by atoms with van der Waals surface area (Å²) in [6.07, 6.45) is 0. The van der Waals surface area contributed by atoms with E-state index in [1.807, 2.05) is 31.2 Å². The summed E-state index contributed by atoms with van der Waals surface area (Å²) in [5.74, 6) is 0. The van der Waals surface area contributed by atoms with Gasteiger partial charge in [-0.1, -0.05) is 45.7 Å². The molecule has 0 saturated carbocycles. The molecule has 0 radical (unpaired) electrons. The fraction of sp³-hybridized carbons (Fsp3) is 0.200. The molecule has 0 aliphatic heterocycles. The number of nitrogens with one attached hydrogen (secondary N) is 1. The molecular weight excluding hydrogens is 356 g/mol. The molecule has 2 aromatic carbocycles. The molecule has 0 spiro atoms. The molecule has 2 aromatic rings. The molecule has 0 bridgehead atoms. The number of hydrogen-bond donors (Lipinski definition) is 1. The minimum Gasteiger partial charge on any atom is -0.306 e. The molecule has 0 saturated heterocycles. The van der Waals surface area contributed by atoms with Gasteiger partial charge in [0.25, 0.3) is 5.69 Å². The summed E-state index contributed by atoms with van der Waals surface area (Å²) in [6.45, 7) is 2.62. The van der Waals surface area contributed by atoms with Gasteiger partial charge in [0.2, 0.25) is 0 Å². The van der Waals surface area contributed by atoms with Crippen molar-refractivity contribution in [3.05, 3.63) is 73.2 Å². The van der Waals surface area contributed by atoms with Crippen LogP contribution in [0.15, 0.2) is 46.9 Å². The summed E-state index contributed by atoms with van der Waals surface area (Å²) in [6, 6.07) is 12.5. The molecule has 0 aliphatic rings. The molecule has 0 aromatic heterocycles. The molecule has 6 heteroatoms. The molecule has 21 heavy (non-hydrogen) atoms. The van der Waals surface area contributed by atoms with Gasteiger partial charge >= 0.3 is 0 Å². The van der Waals surface area contributed by atoms with E-state index in [4.69, 9.17) is 11.6 Å². The van der Waals surface area contributed by atoms with Crippen LogP contribution >= 0.6 is 27.5 Å². The van der Waals surface area contributed by atoms with Gasteiger partial charge in [-0.25, -0.2) is 0 Å². The lowest BCUT2D eigenvalue weighted by Gasteiger charge is -2.16. The predicted octanol–water partition coefficient (Wildman–Crippen LogP) is 4.86. The first kappa shape index (κ1) is 15.9. The molecule has 4 nitrogen and oxygen atoms in total. The van der Waals surface area contributed by atoms with E-state index in [1.165, 1.54) is 12.1 Å². The van der Waals surface area contributed by atoms with E-state index in [9.17, 15) is 10.1 Å². The van der Waals surface area contributed by atoms with Crippen molar-refractivity contribution in [1.29, 1.82) is 0 Å². The van der Waals surface area contributed by atoms with Crippen molar-refractivity contribution in [2.75, 3.05) is 0 Å². The SMILES string of the molecule is C[C@H](NCc1ccc([N+](=O)[O-])cc1Br)c1ccccc1Cl. The first-order chi connectivity index (χ1) is 9.99. The Morgan fingerprint density at radius 3 is 2.67 bits per heavy atom. The number of nitro benzene ring substituents is 1. The first-order valence-corrected chi connectivity index (χ1v) is 7.56. The highest BCUT2D eigenvalue weighted by atomic mass is 79.9. The highest BCUT2D eigenvalue weighted by Crippen LogP contribution is 2.25. The van der Waals surface area contributed by atoms with Gasteiger partial charge in [-0.2, -0.15) is 0 Å². The minimum absolute atomic E-state index is 0.0739. The maximum absolute atomic E-state index is 10.7. The van der Waals surface area contributed by atoms with Gasteiger partial charge in [-0.3, -0.25) is 10.1 Å². The maximum Gasteiger partial charge on any atom is 0.270 e. The Kier molecular flexibility index (Phi) is 5.33. The van der Waals surface area contributed by atoms with Gasteiger partial charge in [0.15, 0.2) is 0 Å². The van der Waals surface area contributed by atoms with Gasteiger partial charge in [-0.15, -0.1) is 0 Å². The highest BCUT2D eigenvalue weighted by molar-refractivity contribution is 9.10. The normalized spacial score (nSPS) is 12.1. The molecule has 1 N–H and O–H groups in total. The molecule has 0 amide bonds. The number of non-ortho nitro benzene ring substituents is 1. The Balaban J connectivity index is 2.06. The van der Waals surface area contributed by atoms with Crippen LogP contribution in [0, 0.1) is 10.1 Å². The second kappa shape index (κ2) is 7.02. The molecular formula is C15H14BrClN2O2. The van der Waals surface area contributed by atoms with E-state index in [0.29, 0.717) is 6.54 Å². The molecule has 2 rings (SSSR count). The number of halogens is 2. The van der Waals surface area contributed by atoms with E-state index in [-0.39, 0.29) is 11.7 Å². The van der Waals surface area contributed by atoms with Crippen molar-refractivity contribution >= 4 is 33.2 Å². The molecule has 0 heterocycles. The molecule has 1 atom stereocenters. The zero-order valence-electron chi connectivity index (χ0n) is 11.3. The minimum atomic E-state index is -0.408. The summed E-state index contributed by atoms with van der Waals surface area (Å²) < 4.78 is 0.718. The average Bonchev–Trinajstić information content (AvgIpc) is 2.46. The molecule has 0 aliphatic carbocycles. The van der Waals surface area contributed by atoms with Gasteiger partial charge < -0.3 is 5.32 Å². The molecule has 0 fully saturated rings. The zero-order valence-corrected chi connectivity index (χ0v) is 13.7. The van der Waals surface area contributed by atoms with Crippen LogP contribution in [-0.4, -0.2) is 4.92 Å². The largest absolute Gasteiger partial charge is 0.306 e. The summed E-state index contributed by atoms with van der Waals surface area (Å²) in [7, 11) is 0. The lowest BCUT2D eigenvalue weighted by atomic mass is 10.1. The van der Waals surface area contributed by atoms with Crippen LogP contribution in [0.1, 0.15) is 24.1 Å². The van der Waals surface area contributed by atoms with Crippen molar-refractivity contribution in [3.63, 3.8) is 0 Å². The van der Waals surface area contributed by atoms with Crippen LogP contribution in [0.2, 0.25) is 5.02 Å². The van der Waals surface area contributed by atoms with E-state index in [1.54, 1.807) is 6.07 Å². The van der Waals surface area contributed by atoms with Crippen LogP contribution < -0.4 is 5.32 Å². The van der Waals surface area contributed by atoms with Crippen LogP contribution in [0.4, 0.5) is 5.69 Å². The highest BCUT2D eigenvalue weighted by Gasteiger charge is 2.12. The third kappa shape index (κ3) is 4.03. The maximum atomic E-state index is 10.7. The number of rotatable bonds is 5. The van der Waals surface area contributed by atoms with E-state index in [0.717, 1.165) is 20.6 Å². The fourth-order valence-corrected chi connectivity index (χ4v) is 2.80. The van der Waals surface area contributed by atoms with Gasteiger partial charge in [-0.05, 0) is 30.2 Å². The predicted molar refractivity (Wildman–Crippen MR) is 87.5 cm³/mol.